The zero-order valence-corrected chi connectivity index (χ0v) is 26.3. The van der Waals surface area contributed by atoms with Crippen molar-refractivity contribution in [1.82, 2.24) is 0 Å². The van der Waals surface area contributed by atoms with Gasteiger partial charge in [-0.05, 0) is 98.8 Å². The van der Waals surface area contributed by atoms with Crippen LogP contribution in [0.4, 0.5) is 17.1 Å². The molecule has 0 spiro atoms. The Bertz CT molecular complexity index is 2400. The number of anilines is 3. The topological polar surface area (TPSA) is 12.5 Å². The predicted molar refractivity (Wildman–Crippen MR) is 200 cm³/mol. The highest BCUT2D eigenvalue weighted by atomic mass is 16.5. The summed E-state index contributed by atoms with van der Waals surface area (Å²) in [7, 11) is 0. The van der Waals surface area contributed by atoms with E-state index in [0.717, 1.165) is 61.9 Å². The second kappa shape index (κ2) is 11.8. The van der Waals surface area contributed by atoms with E-state index in [1.165, 1.54) is 21.9 Å². The molecule has 1 heterocycles. The first-order valence-electron chi connectivity index (χ1n) is 16.3. The minimum absolute atomic E-state index is 0.849. The molecule has 8 aromatic carbocycles. The van der Waals surface area contributed by atoms with Crippen molar-refractivity contribution >= 4 is 27.8 Å². The molecule has 0 fully saturated rings. The summed E-state index contributed by atoms with van der Waals surface area (Å²) in [6, 6.07) is 66.8. The van der Waals surface area contributed by atoms with Crippen LogP contribution in [0.2, 0.25) is 0 Å². The molecular formula is C46H31NO. The maximum atomic E-state index is 6.87. The summed E-state index contributed by atoms with van der Waals surface area (Å²) in [6.45, 7) is 0. The summed E-state index contributed by atoms with van der Waals surface area (Å²) in [5, 5.41) is 2.37. The van der Waals surface area contributed by atoms with Crippen molar-refractivity contribution in [2.75, 3.05) is 4.90 Å². The van der Waals surface area contributed by atoms with Crippen molar-refractivity contribution in [1.29, 1.82) is 0 Å². The number of nitrogens with zero attached hydrogens (tertiary/aromatic N) is 1. The first-order chi connectivity index (χ1) is 23.8. The van der Waals surface area contributed by atoms with Crippen molar-refractivity contribution in [2.24, 2.45) is 0 Å². The molecule has 226 valence electrons. The lowest BCUT2D eigenvalue weighted by atomic mass is 9.90. The quantitative estimate of drug-likeness (QED) is 0.191. The van der Waals surface area contributed by atoms with E-state index in [4.69, 9.17) is 4.74 Å². The average molecular weight is 614 g/mol. The summed E-state index contributed by atoms with van der Waals surface area (Å²) in [5.41, 5.74) is 12.4. The van der Waals surface area contributed by atoms with Crippen LogP contribution in [-0.4, -0.2) is 0 Å². The van der Waals surface area contributed by atoms with Gasteiger partial charge in [0, 0.05) is 28.2 Å². The first-order valence-corrected chi connectivity index (χ1v) is 16.3. The molecule has 0 bridgehead atoms. The molecule has 0 radical (unpaired) electrons. The van der Waals surface area contributed by atoms with Crippen molar-refractivity contribution in [3.63, 3.8) is 0 Å². The molecule has 0 atom stereocenters. The Morgan fingerprint density at radius 3 is 1.65 bits per heavy atom. The Balaban J connectivity index is 1.25. The second-order valence-electron chi connectivity index (χ2n) is 12.2. The normalized spacial score (nSPS) is 11.5. The Morgan fingerprint density at radius 1 is 0.333 bits per heavy atom. The molecule has 0 saturated carbocycles. The van der Waals surface area contributed by atoms with Crippen LogP contribution in [0.25, 0.3) is 55.3 Å². The van der Waals surface area contributed by atoms with Gasteiger partial charge in [-0.1, -0.05) is 133 Å². The SMILES string of the molecule is c1ccc(-c2ccc(N(c3ccccc3)c3ccc4c(c3)-c3ccc(-c5ccccc5)cc3Oc3ccc5ccccc5c3-4)cc2)cc1. The monoisotopic (exact) mass is 613 g/mol. The van der Waals surface area contributed by atoms with E-state index in [2.05, 4.69) is 193 Å². The van der Waals surface area contributed by atoms with Gasteiger partial charge >= 0.3 is 0 Å². The highest BCUT2D eigenvalue weighted by molar-refractivity contribution is 6.06. The van der Waals surface area contributed by atoms with Crippen LogP contribution in [-0.2, 0) is 0 Å². The number of rotatable bonds is 5. The zero-order valence-electron chi connectivity index (χ0n) is 26.3. The van der Waals surface area contributed by atoms with E-state index in [9.17, 15) is 0 Å². The fourth-order valence-corrected chi connectivity index (χ4v) is 6.94. The van der Waals surface area contributed by atoms with Crippen LogP contribution in [0.1, 0.15) is 0 Å². The van der Waals surface area contributed by atoms with Crippen molar-refractivity contribution in [3.05, 3.63) is 188 Å². The summed E-state index contributed by atoms with van der Waals surface area (Å²) in [6.07, 6.45) is 0. The van der Waals surface area contributed by atoms with Gasteiger partial charge in [0.1, 0.15) is 11.5 Å². The molecule has 0 amide bonds. The molecule has 9 rings (SSSR count). The molecule has 0 aromatic heterocycles. The van der Waals surface area contributed by atoms with E-state index < -0.39 is 0 Å². The summed E-state index contributed by atoms with van der Waals surface area (Å²) in [4.78, 5) is 2.34. The van der Waals surface area contributed by atoms with Gasteiger partial charge in [-0.25, -0.2) is 0 Å². The van der Waals surface area contributed by atoms with Crippen LogP contribution in [0.5, 0.6) is 11.5 Å². The van der Waals surface area contributed by atoms with Crippen LogP contribution < -0.4 is 9.64 Å². The van der Waals surface area contributed by atoms with Gasteiger partial charge in [-0.3, -0.25) is 0 Å². The third kappa shape index (κ3) is 4.92. The maximum absolute atomic E-state index is 6.87. The lowest BCUT2D eigenvalue weighted by molar-refractivity contribution is 0.488. The molecule has 0 N–H and O–H groups in total. The predicted octanol–water partition coefficient (Wildman–Crippen LogP) is 13.1. The largest absolute Gasteiger partial charge is 0.456 e. The summed E-state index contributed by atoms with van der Waals surface area (Å²) < 4.78 is 6.87. The van der Waals surface area contributed by atoms with E-state index in [1.54, 1.807) is 0 Å². The van der Waals surface area contributed by atoms with Gasteiger partial charge in [-0.2, -0.15) is 0 Å². The second-order valence-corrected chi connectivity index (χ2v) is 12.2. The number of para-hydroxylation sites is 1. The summed E-state index contributed by atoms with van der Waals surface area (Å²) in [5.74, 6) is 1.71. The molecule has 0 unspecified atom stereocenters. The fraction of sp³-hybridized carbons (Fsp3) is 0. The Labute approximate surface area is 280 Å². The average Bonchev–Trinajstić information content (AvgIpc) is 3.30. The molecule has 2 heteroatoms. The Hall–Kier alpha value is -6.38. The minimum atomic E-state index is 0.849. The number of benzene rings is 8. The first kappa shape index (κ1) is 27.9. The third-order valence-electron chi connectivity index (χ3n) is 9.27. The van der Waals surface area contributed by atoms with Crippen LogP contribution in [0, 0.1) is 0 Å². The van der Waals surface area contributed by atoms with E-state index in [-0.39, 0.29) is 0 Å². The van der Waals surface area contributed by atoms with E-state index in [0.29, 0.717) is 0 Å². The molecule has 1 aliphatic heterocycles. The summed E-state index contributed by atoms with van der Waals surface area (Å²) >= 11 is 0. The molecule has 0 aliphatic carbocycles. The van der Waals surface area contributed by atoms with Crippen LogP contribution in [0.15, 0.2) is 188 Å². The number of hydrogen-bond acceptors (Lipinski definition) is 2. The number of fused-ring (bicyclic) bond motifs is 7. The number of ether oxygens (including phenoxy) is 1. The molecular weight excluding hydrogens is 583 g/mol. The van der Waals surface area contributed by atoms with E-state index in [1.807, 2.05) is 0 Å². The van der Waals surface area contributed by atoms with Crippen LogP contribution in [0.3, 0.4) is 0 Å². The lowest BCUT2D eigenvalue weighted by Crippen LogP contribution is -2.10. The molecule has 1 aliphatic rings. The van der Waals surface area contributed by atoms with Gasteiger partial charge in [-0.15, -0.1) is 0 Å². The molecule has 2 nitrogen and oxygen atoms in total. The van der Waals surface area contributed by atoms with Gasteiger partial charge in [0.15, 0.2) is 0 Å². The fourth-order valence-electron chi connectivity index (χ4n) is 6.94. The highest BCUT2D eigenvalue weighted by Gasteiger charge is 2.25. The van der Waals surface area contributed by atoms with Crippen molar-refractivity contribution in [2.45, 2.75) is 0 Å². The zero-order chi connectivity index (χ0) is 31.9. The third-order valence-corrected chi connectivity index (χ3v) is 9.27. The van der Waals surface area contributed by atoms with Gasteiger partial charge in [0.05, 0.1) is 0 Å². The van der Waals surface area contributed by atoms with E-state index >= 15 is 0 Å². The van der Waals surface area contributed by atoms with Crippen molar-refractivity contribution < 1.29 is 4.74 Å². The molecule has 0 saturated heterocycles. The molecule has 8 aromatic rings. The lowest BCUT2D eigenvalue weighted by Gasteiger charge is -2.27. The van der Waals surface area contributed by atoms with Gasteiger partial charge < -0.3 is 9.64 Å². The molecule has 48 heavy (non-hydrogen) atoms. The van der Waals surface area contributed by atoms with Gasteiger partial charge in [0.25, 0.3) is 0 Å². The van der Waals surface area contributed by atoms with Crippen LogP contribution >= 0.6 is 0 Å². The van der Waals surface area contributed by atoms with Gasteiger partial charge in [0.2, 0.25) is 0 Å². The number of hydrogen-bond donors (Lipinski definition) is 0. The Morgan fingerprint density at radius 2 is 0.896 bits per heavy atom. The van der Waals surface area contributed by atoms with Crippen molar-refractivity contribution in [3.8, 4) is 56.0 Å². The smallest absolute Gasteiger partial charge is 0.135 e. The maximum Gasteiger partial charge on any atom is 0.135 e. The standard InChI is InChI=1S/C46H31NO/c1-4-12-32(13-5-1)34-20-24-38(25-21-34)47(37-17-8-3-9-18-37)39-26-28-42-43(31-39)41-27-22-36(33-14-6-2-7-15-33)30-45(41)48-44-29-23-35-16-10-11-19-40(35)46(42)44/h1-31H. The minimum Gasteiger partial charge on any atom is -0.456 e. The Kier molecular flexibility index (Phi) is 6.84. The highest BCUT2D eigenvalue weighted by Crippen LogP contribution is 2.51.